The number of nitrogens with zero attached hydrogens (tertiary/aromatic N) is 2. The van der Waals surface area contributed by atoms with Crippen molar-refractivity contribution in [3.63, 3.8) is 0 Å². The Kier molecular flexibility index (Phi) is 3.78. The Balaban J connectivity index is 1.67. The van der Waals surface area contributed by atoms with E-state index in [1.165, 1.54) is 0 Å². The molecule has 22 heavy (non-hydrogen) atoms. The molecule has 1 aliphatic heterocycles. The van der Waals surface area contributed by atoms with Crippen LogP contribution in [0.4, 0.5) is 16.3 Å². The summed E-state index contributed by atoms with van der Waals surface area (Å²) in [6.07, 6.45) is 2.59. The predicted molar refractivity (Wildman–Crippen MR) is 82.8 cm³/mol. The normalized spacial score (nSPS) is 12.7. The Morgan fingerprint density at radius 2 is 2.23 bits per heavy atom. The number of carbonyl (C=O) groups excluding carboxylic acids is 2. The molecule has 0 fully saturated rings. The summed E-state index contributed by atoms with van der Waals surface area (Å²) >= 11 is 0. The van der Waals surface area contributed by atoms with Crippen molar-refractivity contribution in [1.29, 1.82) is 0 Å². The third-order valence-corrected chi connectivity index (χ3v) is 3.44. The molecule has 0 aliphatic carbocycles. The zero-order valence-electron chi connectivity index (χ0n) is 12.2. The molecule has 3 rings (SSSR count). The van der Waals surface area contributed by atoms with Gasteiger partial charge in [0.05, 0.1) is 6.20 Å². The molecule has 114 valence electrons. The average molecular weight is 299 g/mol. The lowest BCUT2D eigenvalue weighted by molar-refractivity contribution is 0.0965. The smallest absolute Gasteiger partial charge is 0.324 e. The van der Waals surface area contributed by atoms with E-state index < -0.39 is 0 Å². The van der Waals surface area contributed by atoms with E-state index in [0.29, 0.717) is 23.6 Å². The Bertz CT molecular complexity index is 722. The van der Waals surface area contributed by atoms with Crippen LogP contribution in [0.3, 0.4) is 0 Å². The van der Waals surface area contributed by atoms with E-state index in [1.807, 2.05) is 6.92 Å². The molecule has 1 aliphatic rings. The van der Waals surface area contributed by atoms with Gasteiger partial charge in [-0.2, -0.15) is 5.10 Å². The predicted octanol–water partition coefficient (Wildman–Crippen LogP) is 2.18. The minimum absolute atomic E-state index is 0.0746. The maximum atomic E-state index is 12.1. The quantitative estimate of drug-likeness (QED) is 0.808. The van der Waals surface area contributed by atoms with E-state index in [0.717, 1.165) is 18.5 Å². The molecule has 0 saturated heterocycles. The fourth-order valence-corrected chi connectivity index (χ4v) is 2.42. The summed E-state index contributed by atoms with van der Waals surface area (Å²) in [7, 11) is 0. The number of aromatic nitrogens is 2. The van der Waals surface area contributed by atoms with Crippen molar-refractivity contribution in [2.45, 2.75) is 26.4 Å². The van der Waals surface area contributed by atoms with Gasteiger partial charge in [0.15, 0.2) is 0 Å². The molecule has 2 heterocycles. The van der Waals surface area contributed by atoms with E-state index in [-0.39, 0.29) is 11.9 Å². The van der Waals surface area contributed by atoms with Crippen molar-refractivity contribution in [2.75, 3.05) is 10.6 Å². The minimum Gasteiger partial charge on any atom is -0.348 e. The number of urea groups is 1. The van der Waals surface area contributed by atoms with Crippen LogP contribution in [-0.2, 0) is 13.1 Å². The largest absolute Gasteiger partial charge is 0.348 e. The standard InChI is InChI=1S/C15H17N5O2/c1-2-7-20-13(5-6-17-20)19-15(22)18-11-3-4-12-10(8-11)9-16-14(12)21/h3-6,8H,2,7,9H2,1H3,(H,16,21)(H2,18,19,22). The molecule has 2 aromatic rings. The topological polar surface area (TPSA) is 88.1 Å². The molecule has 0 spiro atoms. The number of amides is 3. The first-order chi connectivity index (χ1) is 10.7. The molecule has 1 aromatic heterocycles. The molecule has 7 nitrogen and oxygen atoms in total. The number of fused-ring (bicyclic) bond motifs is 1. The molecule has 0 radical (unpaired) electrons. The Morgan fingerprint density at radius 1 is 1.36 bits per heavy atom. The van der Waals surface area contributed by atoms with Crippen LogP contribution in [0.5, 0.6) is 0 Å². The van der Waals surface area contributed by atoms with Crippen LogP contribution < -0.4 is 16.0 Å². The summed E-state index contributed by atoms with van der Waals surface area (Å²) in [5.74, 6) is 0.576. The van der Waals surface area contributed by atoms with Gasteiger partial charge in [-0.15, -0.1) is 0 Å². The fourth-order valence-electron chi connectivity index (χ4n) is 2.42. The number of nitrogens with one attached hydrogen (secondary N) is 3. The van der Waals surface area contributed by atoms with E-state index in [1.54, 1.807) is 35.1 Å². The molecule has 3 amide bonds. The lowest BCUT2D eigenvalue weighted by Gasteiger charge is -2.10. The van der Waals surface area contributed by atoms with Crippen LogP contribution in [0, 0.1) is 0 Å². The lowest BCUT2D eigenvalue weighted by Crippen LogP contribution is -2.21. The molecule has 0 unspecified atom stereocenters. The number of rotatable bonds is 4. The van der Waals surface area contributed by atoms with Crippen molar-refractivity contribution < 1.29 is 9.59 Å². The molecule has 1 aromatic carbocycles. The fraction of sp³-hybridized carbons (Fsp3) is 0.267. The molecule has 3 N–H and O–H groups in total. The lowest BCUT2D eigenvalue weighted by atomic mass is 10.1. The maximum Gasteiger partial charge on any atom is 0.324 e. The number of anilines is 2. The van der Waals surface area contributed by atoms with Gasteiger partial charge in [-0.05, 0) is 30.2 Å². The second-order valence-electron chi connectivity index (χ2n) is 5.07. The zero-order chi connectivity index (χ0) is 15.5. The summed E-state index contributed by atoms with van der Waals surface area (Å²) < 4.78 is 1.74. The van der Waals surface area contributed by atoms with Crippen LogP contribution in [0.1, 0.15) is 29.3 Å². The van der Waals surface area contributed by atoms with Gasteiger partial charge < -0.3 is 10.6 Å². The molecule has 0 saturated carbocycles. The van der Waals surface area contributed by atoms with Crippen molar-refractivity contribution in [3.05, 3.63) is 41.6 Å². The third-order valence-electron chi connectivity index (χ3n) is 3.44. The number of hydrogen-bond acceptors (Lipinski definition) is 3. The molecule has 7 heteroatoms. The van der Waals surface area contributed by atoms with Gasteiger partial charge in [-0.25, -0.2) is 9.48 Å². The summed E-state index contributed by atoms with van der Waals surface area (Å²) in [5.41, 5.74) is 2.19. The highest BCUT2D eigenvalue weighted by molar-refractivity contribution is 6.01. The van der Waals surface area contributed by atoms with Crippen molar-refractivity contribution in [3.8, 4) is 0 Å². The van der Waals surface area contributed by atoms with Crippen LogP contribution in [0.25, 0.3) is 0 Å². The van der Waals surface area contributed by atoms with Crippen molar-refractivity contribution in [1.82, 2.24) is 15.1 Å². The Hall–Kier alpha value is -2.83. The van der Waals surface area contributed by atoms with Gasteiger partial charge in [-0.1, -0.05) is 6.92 Å². The van der Waals surface area contributed by atoms with Crippen LogP contribution >= 0.6 is 0 Å². The summed E-state index contributed by atoms with van der Waals surface area (Å²) in [5, 5.41) is 12.4. The highest BCUT2D eigenvalue weighted by atomic mass is 16.2. The third kappa shape index (κ3) is 2.78. The van der Waals surface area contributed by atoms with Gasteiger partial charge in [0, 0.05) is 30.4 Å². The number of benzene rings is 1. The van der Waals surface area contributed by atoms with Gasteiger partial charge in [0.25, 0.3) is 5.91 Å². The number of carbonyl (C=O) groups is 2. The van der Waals surface area contributed by atoms with Crippen LogP contribution in [0.2, 0.25) is 0 Å². The molecular formula is C15H17N5O2. The first kappa shape index (κ1) is 14.1. The second kappa shape index (κ2) is 5.88. The number of hydrogen-bond donors (Lipinski definition) is 3. The Labute approximate surface area is 127 Å². The van der Waals surface area contributed by atoms with Crippen LogP contribution in [-0.4, -0.2) is 21.7 Å². The van der Waals surface area contributed by atoms with Gasteiger partial charge >= 0.3 is 6.03 Å². The number of aryl methyl sites for hydroxylation is 1. The highest BCUT2D eigenvalue weighted by Crippen LogP contribution is 2.20. The van der Waals surface area contributed by atoms with E-state index >= 15 is 0 Å². The van der Waals surface area contributed by atoms with E-state index in [4.69, 9.17) is 0 Å². The zero-order valence-corrected chi connectivity index (χ0v) is 12.2. The first-order valence-corrected chi connectivity index (χ1v) is 7.18. The van der Waals surface area contributed by atoms with Crippen molar-refractivity contribution >= 4 is 23.4 Å². The van der Waals surface area contributed by atoms with Crippen molar-refractivity contribution in [2.24, 2.45) is 0 Å². The summed E-state index contributed by atoms with van der Waals surface area (Å²) in [4.78, 5) is 23.5. The maximum absolute atomic E-state index is 12.1. The van der Waals surface area contributed by atoms with Gasteiger partial charge in [-0.3, -0.25) is 10.1 Å². The van der Waals surface area contributed by atoms with E-state index in [9.17, 15) is 9.59 Å². The molecule has 0 bridgehead atoms. The minimum atomic E-state index is -0.338. The van der Waals surface area contributed by atoms with Gasteiger partial charge in [0.1, 0.15) is 5.82 Å². The monoisotopic (exact) mass is 299 g/mol. The molecule has 0 atom stereocenters. The molecular weight excluding hydrogens is 282 g/mol. The van der Waals surface area contributed by atoms with Gasteiger partial charge in [0.2, 0.25) is 0 Å². The first-order valence-electron chi connectivity index (χ1n) is 7.18. The van der Waals surface area contributed by atoms with Crippen LogP contribution in [0.15, 0.2) is 30.5 Å². The summed E-state index contributed by atoms with van der Waals surface area (Å²) in [6.45, 7) is 3.29. The second-order valence-corrected chi connectivity index (χ2v) is 5.07. The summed E-state index contributed by atoms with van der Waals surface area (Å²) in [6, 6.07) is 6.65. The highest BCUT2D eigenvalue weighted by Gasteiger charge is 2.18. The van der Waals surface area contributed by atoms with E-state index in [2.05, 4.69) is 21.0 Å². The Morgan fingerprint density at radius 3 is 3.05 bits per heavy atom. The SMILES string of the molecule is CCCn1nccc1NC(=O)Nc1ccc2c(c1)CNC2=O. The average Bonchev–Trinajstić information content (AvgIpc) is 3.07.